The van der Waals surface area contributed by atoms with Crippen LogP contribution in [-0.2, 0) is 0 Å². The molecule has 1 amide bonds. The van der Waals surface area contributed by atoms with Crippen molar-refractivity contribution >= 4 is 21.8 Å². The number of carbonyl (C=O) groups excluding carboxylic acids is 1. The molecule has 7 heteroatoms. The molecular weight excluding hydrogens is 386 g/mol. The molecule has 1 N–H and O–H groups in total. The Labute approximate surface area is 155 Å². The van der Waals surface area contributed by atoms with E-state index in [4.69, 9.17) is 9.47 Å². The lowest BCUT2D eigenvalue weighted by Crippen LogP contribution is -2.31. The number of hydrogen-bond acceptors (Lipinski definition) is 4. The van der Waals surface area contributed by atoms with E-state index in [0.29, 0.717) is 21.5 Å². The van der Waals surface area contributed by atoms with Crippen LogP contribution < -0.4 is 9.47 Å². The van der Waals surface area contributed by atoms with Crippen LogP contribution in [-0.4, -0.2) is 41.8 Å². The van der Waals surface area contributed by atoms with Crippen molar-refractivity contribution in [2.45, 2.75) is 32.7 Å². The zero-order valence-corrected chi connectivity index (χ0v) is 16.4. The van der Waals surface area contributed by atoms with Crippen molar-refractivity contribution in [3.63, 3.8) is 0 Å². The van der Waals surface area contributed by atoms with Crippen molar-refractivity contribution in [2.75, 3.05) is 20.8 Å². The highest BCUT2D eigenvalue weighted by atomic mass is 79.9. The van der Waals surface area contributed by atoms with Crippen LogP contribution in [0, 0.1) is 13.8 Å². The minimum atomic E-state index is -0.0217. The third kappa shape index (κ3) is 3.13. The molecule has 0 radical (unpaired) electrons. The number of amides is 1. The van der Waals surface area contributed by atoms with Gasteiger partial charge >= 0.3 is 0 Å². The molecule has 2 aromatic rings. The predicted molar refractivity (Wildman–Crippen MR) is 98.3 cm³/mol. The minimum absolute atomic E-state index is 0.0217. The van der Waals surface area contributed by atoms with Crippen LogP contribution in [0.4, 0.5) is 0 Å². The summed E-state index contributed by atoms with van der Waals surface area (Å²) in [5.74, 6) is 1.13. The first-order valence-corrected chi connectivity index (χ1v) is 9.01. The van der Waals surface area contributed by atoms with Gasteiger partial charge in [-0.2, -0.15) is 5.10 Å². The molecule has 3 rings (SSSR count). The zero-order chi connectivity index (χ0) is 18.1. The van der Waals surface area contributed by atoms with Gasteiger partial charge in [-0.3, -0.25) is 9.89 Å². The highest BCUT2D eigenvalue weighted by Crippen LogP contribution is 2.39. The molecule has 1 aliphatic heterocycles. The molecular formula is C18H22BrN3O3. The van der Waals surface area contributed by atoms with Crippen LogP contribution in [0.15, 0.2) is 16.6 Å². The van der Waals surface area contributed by atoms with E-state index in [1.165, 1.54) is 0 Å². The van der Waals surface area contributed by atoms with Gasteiger partial charge in [-0.25, -0.2) is 0 Å². The van der Waals surface area contributed by atoms with Crippen LogP contribution in [0.2, 0.25) is 0 Å². The monoisotopic (exact) mass is 407 g/mol. The van der Waals surface area contributed by atoms with Gasteiger partial charge < -0.3 is 14.4 Å². The fourth-order valence-electron chi connectivity index (χ4n) is 3.52. The molecule has 0 aliphatic carbocycles. The number of halogens is 1. The Bertz CT molecular complexity index is 758. The Balaban J connectivity index is 1.97. The number of nitrogens with one attached hydrogen (secondary N) is 1. The lowest BCUT2D eigenvalue weighted by Gasteiger charge is -2.26. The molecule has 134 valence electrons. The maximum Gasteiger partial charge on any atom is 0.254 e. The largest absolute Gasteiger partial charge is 0.495 e. The lowest BCUT2D eigenvalue weighted by atomic mass is 10.0. The maximum absolute atomic E-state index is 13.2. The van der Waals surface area contributed by atoms with E-state index in [0.717, 1.165) is 36.3 Å². The van der Waals surface area contributed by atoms with E-state index < -0.39 is 0 Å². The Morgan fingerprint density at radius 1 is 1.28 bits per heavy atom. The smallest absolute Gasteiger partial charge is 0.254 e. The maximum atomic E-state index is 13.2. The third-order valence-corrected chi connectivity index (χ3v) is 5.51. The number of ether oxygens (including phenoxy) is 2. The van der Waals surface area contributed by atoms with Gasteiger partial charge in [0.25, 0.3) is 5.91 Å². The SMILES string of the molecule is COc1cc(C(=O)N2CCCC2c2c(C)n[nH]c2C)cc(OC)c1Br. The number of aryl methyl sites for hydroxylation is 2. The van der Waals surface area contributed by atoms with Gasteiger partial charge in [-0.1, -0.05) is 0 Å². The van der Waals surface area contributed by atoms with Gasteiger partial charge in [-0.15, -0.1) is 0 Å². The quantitative estimate of drug-likeness (QED) is 0.836. The first kappa shape index (κ1) is 17.8. The second kappa shape index (κ2) is 7.07. The van der Waals surface area contributed by atoms with E-state index in [1.54, 1.807) is 26.4 Å². The Morgan fingerprint density at radius 2 is 1.92 bits per heavy atom. The summed E-state index contributed by atoms with van der Waals surface area (Å²) in [7, 11) is 3.15. The van der Waals surface area contributed by atoms with E-state index in [1.807, 2.05) is 18.7 Å². The number of aromatic amines is 1. The van der Waals surface area contributed by atoms with Crippen molar-refractivity contribution in [1.82, 2.24) is 15.1 Å². The van der Waals surface area contributed by atoms with Crippen LogP contribution in [0.3, 0.4) is 0 Å². The topological polar surface area (TPSA) is 67.5 Å². The van der Waals surface area contributed by atoms with Gasteiger partial charge in [0.05, 0.1) is 26.0 Å². The first-order valence-electron chi connectivity index (χ1n) is 8.21. The normalized spacial score (nSPS) is 17.0. The number of carbonyl (C=O) groups is 1. The molecule has 0 bridgehead atoms. The number of hydrogen-bond donors (Lipinski definition) is 1. The molecule has 1 aromatic heterocycles. The van der Waals surface area contributed by atoms with Crippen LogP contribution in [0.25, 0.3) is 0 Å². The van der Waals surface area contributed by atoms with Gasteiger partial charge in [0.1, 0.15) is 16.0 Å². The Hall–Kier alpha value is -2.02. The standard InChI is InChI=1S/C18H22BrN3O3/c1-10-16(11(2)21-20-10)13-6-5-7-22(13)18(23)12-8-14(24-3)17(19)15(9-12)25-4/h8-9,13H,5-7H2,1-4H3,(H,20,21). The highest BCUT2D eigenvalue weighted by Gasteiger charge is 2.34. The molecule has 1 fully saturated rings. The average Bonchev–Trinajstić information content (AvgIpc) is 3.20. The summed E-state index contributed by atoms with van der Waals surface area (Å²) in [6, 6.07) is 3.55. The van der Waals surface area contributed by atoms with E-state index in [2.05, 4.69) is 26.1 Å². The van der Waals surface area contributed by atoms with Gasteiger partial charge in [-0.05, 0) is 54.8 Å². The number of H-pyrrole nitrogens is 1. The summed E-state index contributed by atoms with van der Waals surface area (Å²) in [6.07, 6.45) is 1.92. The van der Waals surface area contributed by atoms with Crippen molar-refractivity contribution < 1.29 is 14.3 Å². The number of likely N-dealkylation sites (tertiary alicyclic amines) is 1. The Morgan fingerprint density at radius 3 is 2.44 bits per heavy atom. The number of methoxy groups -OCH3 is 2. The molecule has 1 aliphatic rings. The molecule has 0 saturated carbocycles. The second-order valence-corrected chi connectivity index (χ2v) is 6.99. The molecule has 1 atom stereocenters. The predicted octanol–water partition coefficient (Wildman–Crippen LogP) is 3.78. The average molecular weight is 408 g/mol. The molecule has 2 heterocycles. The van der Waals surface area contributed by atoms with Crippen molar-refractivity contribution in [2.24, 2.45) is 0 Å². The summed E-state index contributed by atoms with van der Waals surface area (Å²) in [4.78, 5) is 15.1. The summed E-state index contributed by atoms with van der Waals surface area (Å²) in [5, 5.41) is 7.31. The van der Waals surface area contributed by atoms with Gasteiger partial charge in [0.2, 0.25) is 0 Å². The zero-order valence-electron chi connectivity index (χ0n) is 14.9. The minimum Gasteiger partial charge on any atom is -0.495 e. The summed E-state index contributed by atoms with van der Waals surface area (Å²) in [6.45, 7) is 4.71. The fraction of sp³-hybridized carbons (Fsp3) is 0.444. The molecule has 1 saturated heterocycles. The molecule has 0 spiro atoms. The van der Waals surface area contributed by atoms with Gasteiger partial charge in [0.15, 0.2) is 0 Å². The van der Waals surface area contributed by atoms with E-state index >= 15 is 0 Å². The number of nitrogens with zero attached hydrogens (tertiary/aromatic N) is 2. The van der Waals surface area contributed by atoms with Crippen LogP contribution >= 0.6 is 15.9 Å². The number of aromatic nitrogens is 2. The summed E-state index contributed by atoms with van der Waals surface area (Å²) < 4.78 is 11.4. The van der Waals surface area contributed by atoms with Crippen molar-refractivity contribution in [3.05, 3.63) is 39.1 Å². The Kier molecular flexibility index (Phi) is 5.03. The lowest BCUT2D eigenvalue weighted by molar-refractivity contribution is 0.0734. The molecule has 1 aromatic carbocycles. The van der Waals surface area contributed by atoms with Crippen LogP contribution in [0.5, 0.6) is 11.5 Å². The van der Waals surface area contributed by atoms with Crippen LogP contribution in [0.1, 0.15) is 46.2 Å². The third-order valence-electron chi connectivity index (χ3n) is 4.72. The van der Waals surface area contributed by atoms with Crippen molar-refractivity contribution in [1.29, 1.82) is 0 Å². The number of rotatable bonds is 4. The second-order valence-electron chi connectivity index (χ2n) is 6.20. The van der Waals surface area contributed by atoms with E-state index in [9.17, 15) is 4.79 Å². The first-order chi connectivity index (χ1) is 12.0. The fourth-order valence-corrected chi connectivity index (χ4v) is 4.07. The molecule has 1 unspecified atom stereocenters. The van der Waals surface area contributed by atoms with Crippen molar-refractivity contribution in [3.8, 4) is 11.5 Å². The molecule has 6 nitrogen and oxygen atoms in total. The summed E-state index contributed by atoms with van der Waals surface area (Å²) in [5.41, 5.74) is 3.66. The summed E-state index contributed by atoms with van der Waals surface area (Å²) >= 11 is 3.44. The highest BCUT2D eigenvalue weighted by molar-refractivity contribution is 9.10. The number of benzene rings is 1. The van der Waals surface area contributed by atoms with Gasteiger partial charge in [0, 0.05) is 23.4 Å². The van der Waals surface area contributed by atoms with E-state index in [-0.39, 0.29) is 11.9 Å². The molecule has 25 heavy (non-hydrogen) atoms.